The van der Waals surface area contributed by atoms with Gasteiger partial charge in [-0.25, -0.2) is 10.3 Å². The second-order valence-electron chi connectivity index (χ2n) is 3.83. The number of benzene rings is 1. The SMILES string of the molecule is O=C(NOC1CCCCO1)c1ccccc1Cl. The molecule has 1 heterocycles. The molecule has 1 aromatic carbocycles. The third-order valence-electron chi connectivity index (χ3n) is 2.54. The van der Waals surface area contributed by atoms with Crippen molar-refractivity contribution in [3.8, 4) is 0 Å². The van der Waals surface area contributed by atoms with Crippen LogP contribution in [0.25, 0.3) is 0 Å². The zero-order valence-electron chi connectivity index (χ0n) is 9.32. The minimum Gasteiger partial charge on any atom is -0.350 e. The first kappa shape index (κ1) is 12.4. The molecule has 1 aromatic rings. The number of hydrogen-bond donors (Lipinski definition) is 1. The van der Waals surface area contributed by atoms with Gasteiger partial charge in [-0.1, -0.05) is 23.7 Å². The highest BCUT2D eigenvalue weighted by Crippen LogP contribution is 2.16. The van der Waals surface area contributed by atoms with Gasteiger partial charge in [0.2, 0.25) is 0 Å². The first-order valence-electron chi connectivity index (χ1n) is 5.59. The standard InChI is InChI=1S/C12H14ClNO3/c13-10-6-2-1-5-9(10)12(15)14-17-11-7-3-4-8-16-11/h1-2,5-6,11H,3-4,7-8H2,(H,14,15). The Bertz CT molecular complexity index is 391. The van der Waals surface area contributed by atoms with Gasteiger partial charge in [0, 0.05) is 13.0 Å². The summed E-state index contributed by atoms with van der Waals surface area (Å²) in [6, 6.07) is 6.82. The van der Waals surface area contributed by atoms with Gasteiger partial charge >= 0.3 is 0 Å². The van der Waals surface area contributed by atoms with Crippen LogP contribution in [-0.2, 0) is 9.57 Å². The minimum atomic E-state index is -0.357. The van der Waals surface area contributed by atoms with Crippen molar-refractivity contribution >= 4 is 17.5 Å². The van der Waals surface area contributed by atoms with Crippen molar-refractivity contribution in [1.29, 1.82) is 0 Å². The Kier molecular flexibility index (Phi) is 4.36. The normalized spacial score (nSPS) is 19.9. The lowest BCUT2D eigenvalue weighted by molar-refractivity contribution is -0.186. The third kappa shape index (κ3) is 3.43. The van der Waals surface area contributed by atoms with E-state index in [1.807, 2.05) is 0 Å². The molecule has 0 aliphatic carbocycles. The van der Waals surface area contributed by atoms with E-state index in [1.165, 1.54) is 0 Å². The molecule has 1 aliphatic rings. The third-order valence-corrected chi connectivity index (χ3v) is 2.87. The van der Waals surface area contributed by atoms with Crippen molar-refractivity contribution in [2.45, 2.75) is 25.6 Å². The summed E-state index contributed by atoms with van der Waals surface area (Å²) in [5.74, 6) is -0.357. The molecule has 1 aliphatic heterocycles. The Morgan fingerprint density at radius 1 is 1.41 bits per heavy atom. The van der Waals surface area contributed by atoms with E-state index in [0.717, 1.165) is 19.3 Å². The van der Waals surface area contributed by atoms with Gasteiger partial charge in [-0.2, -0.15) is 0 Å². The van der Waals surface area contributed by atoms with E-state index in [2.05, 4.69) is 5.48 Å². The van der Waals surface area contributed by atoms with Gasteiger partial charge in [0.15, 0.2) is 6.29 Å². The highest BCUT2D eigenvalue weighted by atomic mass is 35.5. The van der Waals surface area contributed by atoms with Crippen molar-refractivity contribution in [2.24, 2.45) is 0 Å². The van der Waals surface area contributed by atoms with Crippen LogP contribution in [0.1, 0.15) is 29.6 Å². The Morgan fingerprint density at radius 3 is 2.94 bits per heavy atom. The summed E-state index contributed by atoms with van der Waals surface area (Å²) in [7, 11) is 0. The van der Waals surface area contributed by atoms with Gasteiger partial charge < -0.3 is 4.74 Å². The van der Waals surface area contributed by atoms with Gasteiger partial charge in [0.25, 0.3) is 5.91 Å². The van der Waals surface area contributed by atoms with E-state index in [1.54, 1.807) is 24.3 Å². The lowest BCUT2D eigenvalue weighted by atomic mass is 10.2. The number of hydroxylamine groups is 1. The molecular weight excluding hydrogens is 242 g/mol. The molecule has 0 saturated carbocycles. The smallest absolute Gasteiger partial charge is 0.276 e. The number of carbonyl (C=O) groups is 1. The Labute approximate surface area is 105 Å². The summed E-state index contributed by atoms with van der Waals surface area (Å²) in [5, 5.41) is 0.401. The molecule has 0 radical (unpaired) electrons. The zero-order valence-corrected chi connectivity index (χ0v) is 10.1. The highest BCUT2D eigenvalue weighted by Gasteiger charge is 2.17. The van der Waals surface area contributed by atoms with Crippen LogP contribution in [-0.4, -0.2) is 18.8 Å². The fourth-order valence-corrected chi connectivity index (χ4v) is 1.85. The fraction of sp³-hybridized carbons (Fsp3) is 0.417. The second-order valence-corrected chi connectivity index (χ2v) is 4.23. The molecule has 2 rings (SSSR count). The van der Waals surface area contributed by atoms with Gasteiger partial charge in [-0.15, -0.1) is 0 Å². The van der Waals surface area contributed by atoms with E-state index in [0.29, 0.717) is 17.2 Å². The van der Waals surface area contributed by atoms with Crippen molar-refractivity contribution in [1.82, 2.24) is 5.48 Å². The first-order valence-corrected chi connectivity index (χ1v) is 5.97. The van der Waals surface area contributed by atoms with Gasteiger partial charge in [-0.05, 0) is 25.0 Å². The maximum absolute atomic E-state index is 11.7. The Balaban J connectivity index is 1.87. The molecule has 0 bridgehead atoms. The molecule has 1 atom stereocenters. The lowest BCUT2D eigenvalue weighted by Gasteiger charge is -2.22. The van der Waals surface area contributed by atoms with Crippen LogP contribution in [0.5, 0.6) is 0 Å². The van der Waals surface area contributed by atoms with Crippen LogP contribution in [0.2, 0.25) is 5.02 Å². The number of hydrogen-bond acceptors (Lipinski definition) is 3. The molecule has 4 nitrogen and oxygen atoms in total. The first-order chi connectivity index (χ1) is 8.27. The maximum atomic E-state index is 11.7. The summed E-state index contributed by atoms with van der Waals surface area (Å²) < 4.78 is 5.32. The van der Waals surface area contributed by atoms with Crippen molar-refractivity contribution in [3.05, 3.63) is 34.9 Å². The maximum Gasteiger partial charge on any atom is 0.276 e. The number of carbonyl (C=O) groups excluding carboxylic acids is 1. The molecule has 1 amide bonds. The predicted molar refractivity (Wildman–Crippen MR) is 63.6 cm³/mol. The van der Waals surface area contributed by atoms with Crippen LogP contribution in [0, 0.1) is 0 Å². The molecular formula is C12H14ClNO3. The van der Waals surface area contributed by atoms with E-state index < -0.39 is 0 Å². The Hall–Kier alpha value is -1.10. The van der Waals surface area contributed by atoms with E-state index >= 15 is 0 Å². The largest absolute Gasteiger partial charge is 0.350 e. The van der Waals surface area contributed by atoms with Crippen LogP contribution in [0.15, 0.2) is 24.3 Å². The summed E-state index contributed by atoms with van der Waals surface area (Å²) in [4.78, 5) is 16.9. The number of halogens is 1. The average Bonchev–Trinajstić information content (AvgIpc) is 2.38. The summed E-state index contributed by atoms with van der Waals surface area (Å²) >= 11 is 5.89. The number of amides is 1. The fourth-order valence-electron chi connectivity index (χ4n) is 1.62. The molecule has 5 heteroatoms. The van der Waals surface area contributed by atoms with Gasteiger partial charge in [-0.3, -0.25) is 4.79 Å². The number of ether oxygens (including phenoxy) is 1. The quantitative estimate of drug-likeness (QED) is 0.845. The van der Waals surface area contributed by atoms with Gasteiger partial charge in [0.1, 0.15) is 0 Å². The zero-order chi connectivity index (χ0) is 12.1. The molecule has 0 spiro atoms. The van der Waals surface area contributed by atoms with Crippen LogP contribution >= 0.6 is 11.6 Å². The molecule has 1 saturated heterocycles. The summed E-state index contributed by atoms with van der Waals surface area (Å²) in [5.41, 5.74) is 2.75. The number of rotatable bonds is 3. The predicted octanol–water partition coefficient (Wildman–Crippen LogP) is 2.53. The van der Waals surface area contributed by atoms with Crippen LogP contribution < -0.4 is 5.48 Å². The molecule has 92 valence electrons. The summed E-state index contributed by atoms with van der Waals surface area (Å²) in [6.07, 6.45) is 2.53. The molecule has 0 aromatic heterocycles. The topological polar surface area (TPSA) is 47.6 Å². The van der Waals surface area contributed by atoms with Crippen molar-refractivity contribution in [2.75, 3.05) is 6.61 Å². The molecule has 1 unspecified atom stereocenters. The summed E-state index contributed by atoms with van der Waals surface area (Å²) in [6.45, 7) is 0.673. The highest BCUT2D eigenvalue weighted by molar-refractivity contribution is 6.33. The number of nitrogens with one attached hydrogen (secondary N) is 1. The second kappa shape index (κ2) is 6.00. The molecule has 17 heavy (non-hydrogen) atoms. The van der Waals surface area contributed by atoms with E-state index in [4.69, 9.17) is 21.2 Å². The van der Waals surface area contributed by atoms with Crippen LogP contribution in [0.4, 0.5) is 0 Å². The Morgan fingerprint density at radius 2 is 2.24 bits per heavy atom. The minimum absolute atomic E-state index is 0.352. The molecule has 1 fully saturated rings. The van der Waals surface area contributed by atoms with Crippen molar-refractivity contribution in [3.63, 3.8) is 0 Å². The lowest BCUT2D eigenvalue weighted by Crippen LogP contribution is -2.33. The monoisotopic (exact) mass is 255 g/mol. The van der Waals surface area contributed by atoms with Crippen LogP contribution in [0.3, 0.4) is 0 Å². The molecule has 1 N–H and O–H groups in total. The van der Waals surface area contributed by atoms with E-state index in [-0.39, 0.29) is 12.2 Å². The van der Waals surface area contributed by atoms with Crippen molar-refractivity contribution < 1.29 is 14.4 Å². The van der Waals surface area contributed by atoms with E-state index in [9.17, 15) is 4.79 Å². The average molecular weight is 256 g/mol. The van der Waals surface area contributed by atoms with Gasteiger partial charge in [0.05, 0.1) is 10.6 Å².